The van der Waals surface area contributed by atoms with Gasteiger partial charge in [-0.3, -0.25) is 4.98 Å². The second-order valence-electron chi connectivity index (χ2n) is 5.94. The number of aromatic nitrogens is 1. The van der Waals surface area contributed by atoms with E-state index in [9.17, 15) is 14.3 Å². The van der Waals surface area contributed by atoms with Gasteiger partial charge in [-0.05, 0) is 42.0 Å². The SMILES string of the molecule is COC(=O)c1ccc(C=Cc2cc(O)cc(OCc3ccccc3F)c2)nc1. The van der Waals surface area contributed by atoms with E-state index in [0.29, 0.717) is 28.1 Å². The van der Waals surface area contributed by atoms with Crippen molar-refractivity contribution in [3.63, 3.8) is 0 Å². The third-order valence-corrected chi connectivity index (χ3v) is 3.92. The van der Waals surface area contributed by atoms with Gasteiger partial charge in [0.05, 0.1) is 18.4 Å². The van der Waals surface area contributed by atoms with Crippen molar-refractivity contribution >= 4 is 18.1 Å². The normalized spacial score (nSPS) is 10.8. The average Bonchev–Trinajstić information content (AvgIpc) is 2.71. The molecule has 0 atom stereocenters. The molecular weight excluding hydrogens is 361 g/mol. The van der Waals surface area contributed by atoms with E-state index < -0.39 is 5.97 Å². The van der Waals surface area contributed by atoms with Crippen LogP contribution in [0.2, 0.25) is 0 Å². The minimum Gasteiger partial charge on any atom is -0.508 e. The topological polar surface area (TPSA) is 68.7 Å². The highest BCUT2D eigenvalue weighted by Crippen LogP contribution is 2.24. The molecule has 1 N–H and O–H groups in total. The molecule has 142 valence electrons. The standard InChI is InChI=1S/C22H18FNO4/c1-27-22(26)16-7-9-18(24-13-16)8-6-15-10-19(25)12-20(11-15)28-14-17-4-2-3-5-21(17)23/h2-13,25H,14H2,1H3. The molecule has 0 unspecified atom stereocenters. The monoisotopic (exact) mass is 379 g/mol. The molecule has 2 aromatic carbocycles. The van der Waals surface area contributed by atoms with Gasteiger partial charge in [0.15, 0.2) is 0 Å². The summed E-state index contributed by atoms with van der Waals surface area (Å²) in [5.41, 5.74) is 2.10. The molecule has 0 saturated heterocycles. The molecule has 0 amide bonds. The molecule has 0 aliphatic rings. The maximum absolute atomic E-state index is 13.7. The summed E-state index contributed by atoms with van der Waals surface area (Å²) in [5.74, 6) is -0.353. The van der Waals surface area contributed by atoms with Crippen LogP contribution < -0.4 is 4.74 Å². The second-order valence-corrected chi connectivity index (χ2v) is 5.94. The van der Waals surface area contributed by atoms with Crippen LogP contribution >= 0.6 is 0 Å². The summed E-state index contributed by atoms with van der Waals surface area (Å²) in [6, 6.07) is 14.4. The minimum atomic E-state index is -0.451. The summed E-state index contributed by atoms with van der Waals surface area (Å²) < 4.78 is 23.9. The van der Waals surface area contributed by atoms with E-state index in [0.717, 1.165) is 0 Å². The molecule has 0 fully saturated rings. The lowest BCUT2D eigenvalue weighted by molar-refractivity contribution is 0.0600. The van der Waals surface area contributed by atoms with Crippen molar-refractivity contribution in [2.75, 3.05) is 7.11 Å². The van der Waals surface area contributed by atoms with E-state index in [4.69, 9.17) is 4.74 Å². The quantitative estimate of drug-likeness (QED) is 0.641. The van der Waals surface area contributed by atoms with Crippen molar-refractivity contribution in [2.24, 2.45) is 0 Å². The third-order valence-electron chi connectivity index (χ3n) is 3.92. The number of carbonyl (C=O) groups excluding carboxylic acids is 1. The highest BCUT2D eigenvalue weighted by Gasteiger charge is 2.05. The zero-order valence-electron chi connectivity index (χ0n) is 15.1. The maximum Gasteiger partial charge on any atom is 0.339 e. The van der Waals surface area contributed by atoms with Gasteiger partial charge in [-0.15, -0.1) is 0 Å². The van der Waals surface area contributed by atoms with Crippen molar-refractivity contribution in [1.82, 2.24) is 4.98 Å². The van der Waals surface area contributed by atoms with Crippen LogP contribution in [0, 0.1) is 5.82 Å². The van der Waals surface area contributed by atoms with Crippen LogP contribution in [0.15, 0.2) is 60.8 Å². The Labute approximate surface area is 161 Å². The van der Waals surface area contributed by atoms with E-state index in [1.807, 2.05) is 0 Å². The second kappa shape index (κ2) is 8.81. The number of carbonyl (C=O) groups is 1. The minimum absolute atomic E-state index is 0.0275. The van der Waals surface area contributed by atoms with Gasteiger partial charge in [0.25, 0.3) is 0 Å². The van der Waals surface area contributed by atoms with E-state index in [-0.39, 0.29) is 18.2 Å². The predicted octanol–water partition coefficient (Wildman–Crippen LogP) is 4.46. The predicted molar refractivity (Wildman–Crippen MR) is 103 cm³/mol. The van der Waals surface area contributed by atoms with Gasteiger partial charge in [0.2, 0.25) is 0 Å². The number of pyridine rings is 1. The lowest BCUT2D eigenvalue weighted by Gasteiger charge is -2.08. The molecule has 3 rings (SSSR count). The van der Waals surface area contributed by atoms with Gasteiger partial charge in [-0.2, -0.15) is 0 Å². The Bertz CT molecular complexity index is 1000. The van der Waals surface area contributed by atoms with Gasteiger partial charge < -0.3 is 14.6 Å². The highest BCUT2D eigenvalue weighted by atomic mass is 19.1. The Hall–Kier alpha value is -3.67. The first-order valence-electron chi connectivity index (χ1n) is 8.48. The molecular formula is C22H18FNO4. The number of phenolic OH excluding ortho intramolecular Hbond substituents is 1. The van der Waals surface area contributed by atoms with Crippen LogP contribution in [0.5, 0.6) is 11.5 Å². The molecule has 0 radical (unpaired) electrons. The van der Waals surface area contributed by atoms with Gasteiger partial charge in [0.1, 0.15) is 23.9 Å². The van der Waals surface area contributed by atoms with Gasteiger partial charge in [0, 0.05) is 17.8 Å². The number of esters is 1. The van der Waals surface area contributed by atoms with Crippen LogP contribution in [-0.2, 0) is 11.3 Å². The molecule has 0 saturated carbocycles. The number of methoxy groups -OCH3 is 1. The van der Waals surface area contributed by atoms with Crippen molar-refractivity contribution < 1.29 is 23.8 Å². The first kappa shape index (κ1) is 19.1. The molecule has 0 aliphatic heterocycles. The van der Waals surface area contributed by atoms with Crippen molar-refractivity contribution in [3.05, 3.63) is 89.0 Å². The number of aromatic hydroxyl groups is 1. The lowest BCUT2D eigenvalue weighted by atomic mass is 10.1. The summed E-state index contributed by atoms with van der Waals surface area (Å²) in [5, 5.41) is 9.91. The molecule has 28 heavy (non-hydrogen) atoms. The Morgan fingerprint density at radius 1 is 1.14 bits per heavy atom. The molecule has 0 bridgehead atoms. The molecule has 6 heteroatoms. The highest BCUT2D eigenvalue weighted by molar-refractivity contribution is 5.89. The first-order valence-corrected chi connectivity index (χ1v) is 8.48. The summed E-state index contributed by atoms with van der Waals surface area (Å²) in [7, 11) is 1.31. The Morgan fingerprint density at radius 3 is 2.68 bits per heavy atom. The Kier molecular flexibility index (Phi) is 6.01. The van der Waals surface area contributed by atoms with Crippen LogP contribution in [0.25, 0.3) is 12.2 Å². The van der Waals surface area contributed by atoms with Gasteiger partial charge in [-0.1, -0.05) is 24.3 Å². The average molecular weight is 379 g/mol. The van der Waals surface area contributed by atoms with E-state index in [1.165, 1.54) is 25.4 Å². The van der Waals surface area contributed by atoms with E-state index in [2.05, 4.69) is 9.72 Å². The van der Waals surface area contributed by atoms with Crippen molar-refractivity contribution in [2.45, 2.75) is 6.61 Å². The maximum atomic E-state index is 13.7. The molecule has 3 aromatic rings. The number of phenols is 1. The van der Waals surface area contributed by atoms with Crippen LogP contribution in [0.1, 0.15) is 27.2 Å². The molecule has 0 aliphatic carbocycles. The number of nitrogens with zero attached hydrogens (tertiary/aromatic N) is 1. The fourth-order valence-corrected chi connectivity index (χ4v) is 2.49. The number of benzene rings is 2. The summed E-state index contributed by atoms with van der Waals surface area (Å²) in [6.07, 6.45) is 4.91. The summed E-state index contributed by atoms with van der Waals surface area (Å²) in [4.78, 5) is 15.6. The van der Waals surface area contributed by atoms with Crippen LogP contribution in [-0.4, -0.2) is 23.2 Å². The largest absolute Gasteiger partial charge is 0.508 e. The van der Waals surface area contributed by atoms with Crippen LogP contribution in [0.4, 0.5) is 4.39 Å². The number of hydrogen-bond acceptors (Lipinski definition) is 5. The number of hydrogen-bond donors (Lipinski definition) is 1. The van der Waals surface area contributed by atoms with Crippen LogP contribution in [0.3, 0.4) is 0 Å². The fraction of sp³-hybridized carbons (Fsp3) is 0.0909. The van der Waals surface area contributed by atoms with E-state index >= 15 is 0 Å². The van der Waals surface area contributed by atoms with Gasteiger partial charge >= 0.3 is 5.97 Å². The Morgan fingerprint density at radius 2 is 1.96 bits per heavy atom. The number of rotatable bonds is 6. The zero-order valence-corrected chi connectivity index (χ0v) is 15.1. The fourth-order valence-electron chi connectivity index (χ4n) is 2.49. The molecule has 1 heterocycles. The Balaban J connectivity index is 1.71. The van der Waals surface area contributed by atoms with Crippen molar-refractivity contribution in [3.8, 4) is 11.5 Å². The first-order chi connectivity index (χ1) is 13.5. The number of ether oxygens (including phenoxy) is 2. The van der Waals surface area contributed by atoms with Gasteiger partial charge in [-0.25, -0.2) is 9.18 Å². The molecule has 1 aromatic heterocycles. The zero-order chi connectivity index (χ0) is 19.9. The number of halogens is 1. The lowest BCUT2D eigenvalue weighted by Crippen LogP contribution is -2.01. The summed E-state index contributed by atoms with van der Waals surface area (Å²) >= 11 is 0. The van der Waals surface area contributed by atoms with E-state index in [1.54, 1.807) is 54.6 Å². The van der Waals surface area contributed by atoms with Crippen molar-refractivity contribution in [1.29, 1.82) is 0 Å². The third kappa shape index (κ3) is 4.94. The molecule has 5 nitrogen and oxygen atoms in total. The molecule has 0 spiro atoms. The summed E-state index contributed by atoms with van der Waals surface area (Å²) in [6.45, 7) is 0.0514. The smallest absolute Gasteiger partial charge is 0.339 e.